The summed E-state index contributed by atoms with van der Waals surface area (Å²) < 4.78 is 70.1. The van der Waals surface area contributed by atoms with E-state index in [0.717, 1.165) is 17.7 Å². The summed E-state index contributed by atoms with van der Waals surface area (Å²) in [4.78, 5) is 24.6. The summed E-state index contributed by atoms with van der Waals surface area (Å²) in [5.74, 6) is -2.00. The molecule has 2 aromatic rings. The summed E-state index contributed by atoms with van der Waals surface area (Å²) in [6.45, 7) is 1.42. The molecule has 2 aromatic carbocycles. The number of carbonyl (C=O) groups excluding carboxylic acids is 2. The first-order chi connectivity index (χ1) is 15.0. The fraction of sp³-hybridized carbons (Fsp3) is 0.364. The third-order valence-corrected chi connectivity index (χ3v) is 7.22. The average Bonchev–Trinajstić information content (AvgIpc) is 2.77. The Balaban J connectivity index is 1.54. The molecule has 0 atom stereocenters. The highest BCUT2D eigenvalue weighted by molar-refractivity contribution is 7.89. The summed E-state index contributed by atoms with van der Waals surface area (Å²) in [6, 6.07) is 10.4. The molecule has 1 fully saturated rings. The normalized spacial score (nSPS) is 16.0. The van der Waals surface area contributed by atoms with Crippen LogP contribution in [0, 0.1) is 12.8 Å². The summed E-state index contributed by atoms with van der Waals surface area (Å²) in [5, 5.41) is 0. The number of nitrogens with zero attached hydrogens (tertiary/aromatic N) is 1. The van der Waals surface area contributed by atoms with Gasteiger partial charge in [0.25, 0.3) is 0 Å². The first-order valence-electron chi connectivity index (χ1n) is 9.92. The van der Waals surface area contributed by atoms with Crippen LogP contribution in [0.3, 0.4) is 0 Å². The van der Waals surface area contributed by atoms with Gasteiger partial charge < -0.3 is 4.74 Å². The molecule has 0 N–H and O–H groups in total. The predicted octanol–water partition coefficient (Wildman–Crippen LogP) is 3.84. The molecule has 32 heavy (non-hydrogen) atoms. The van der Waals surface area contributed by atoms with Crippen molar-refractivity contribution in [3.8, 4) is 0 Å². The van der Waals surface area contributed by atoms with Gasteiger partial charge in [0.05, 0.1) is 16.4 Å². The lowest BCUT2D eigenvalue weighted by molar-refractivity contribution is -0.148. The van der Waals surface area contributed by atoms with Crippen molar-refractivity contribution in [3.05, 3.63) is 65.2 Å². The van der Waals surface area contributed by atoms with Crippen LogP contribution in [0.2, 0.25) is 0 Å². The topological polar surface area (TPSA) is 80.8 Å². The van der Waals surface area contributed by atoms with Crippen molar-refractivity contribution in [2.75, 3.05) is 19.7 Å². The van der Waals surface area contributed by atoms with Gasteiger partial charge in [-0.25, -0.2) is 8.42 Å². The Hall–Kier alpha value is -2.72. The van der Waals surface area contributed by atoms with Gasteiger partial charge in [0.2, 0.25) is 10.0 Å². The number of sulfonamides is 1. The van der Waals surface area contributed by atoms with Gasteiger partial charge in [0.15, 0.2) is 12.4 Å². The van der Waals surface area contributed by atoms with Crippen molar-refractivity contribution in [1.29, 1.82) is 0 Å². The molecular weight excluding hydrogens is 447 g/mol. The molecule has 0 unspecified atom stereocenters. The van der Waals surface area contributed by atoms with E-state index in [0.29, 0.717) is 6.07 Å². The Morgan fingerprint density at radius 1 is 1.06 bits per heavy atom. The average molecular weight is 469 g/mol. The number of ether oxygens (including phenoxy) is 1. The van der Waals surface area contributed by atoms with Crippen molar-refractivity contribution in [1.82, 2.24) is 4.31 Å². The number of Topliss-reactive ketones (excluding diaryl/α,β-unsaturated/α-hetero) is 1. The molecular formula is C22H22F3NO5S. The smallest absolute Gasteiger partial charge is 0.416 e. The number of esters is 1. The van der Waals surface area contributed by atoms with E-state index in [1.807, 2.05) is 6.92 Å². The highest BCUT2D eigenvalue weighted by Gasteiger charge is 2.33. The van der Waals surface area contributed by atoms with Crippen LogP contribution in [0.15, 0.2) is 53.4 Å². The Kier molecular flexibility index (Phi) is 7.04. The van der Waals surface area contributed by atoms with Gasteiger partial charge in [0, 0.05) is 18.7 Å². The van der Waals surface area contributed by atoms with Crippen molar-refractivity contribution in [3.63, 3.8) is 0 Å². The molecule has 1 aliphatic heterocycles. The lowest BCUT2D eigenvalue weighted by Gasteiger charge is -2.30. The molecule has 3 rings (SSSR count). The maximum Gasteiger partial charge on any atom is 0.416 e. The van der Waals surface area contributed by atoms with Crippen molar-refractivity contribution >= 4 is 21.8 Å². The SMILES string of the molecule is Cc1ccc(S(=O)(=O)N2CCC(C(=O)OCC(=O)c3cccc(C(F)(F)F)c3)CC2)cc1. The van der Waals surface area contributed by atoms with E-state index in [1.165, 1.54) is 22.5 Å². The molecule has 0 aromatic heterocycles. The first-order valence-corrected chi connectivity index (χ1v) is 11.4. The van der Waals surface area contributed by atoms with E-state index in [4.69, 9.17) is 4.74 Å². The molecule has 0 radical (unpaired) electrons. The van der Waals surface area contributed by atoms with Crippen LogP contribution < -0.4 is 0 Å². The summed E-state index contributed by atoms with van der Waals surface area (Å²) in [6.07, 6.45) is -4.14. The van der Waals surface area contributed by atoms with E-state index in [9.17, 15) is 31.2 Å². The number of hydrogen-bond donors (Lipinski definition) is 0. The van der Waals surface area contributed by atoms with E-state index >= 15 is 0 Å². The zero-order valence-electron chi connectivity index (χ0n) is 17.3. The minimum Gasteiger partial charge on any atom is -0.457 e. The van der Waals surface area contributed by atoms with Gasteiger partial charge in [-0.05, 0) is 44.0 Å². The number of alkyl halides is 3. The predicted molar refractivity (Wildman–Crippen MR) is 109 cm³/mol. The molecule has 0 spiro atoms. The van der Waals surface area contributed by atoms with Crippen LogP contribution in [0.1, 0.15) is 34.3 Å². The first kappa shape index (κ1) is 23.9. The van der Waals surface area contributed by atoms with Crippen molar-refractivity contribution in [2.24, 2.45) is 5.92 Å². The lowest BCUT2D eigenvalue weighted by atomic mass is 9.98. The monoisotopic (exact) mass is 469 g/mol. The molecule has 1 aliphatic rings. The molecule has 6 nitrogen and oxygen atoms in total. The Bertz CT molecular complexity index is 1090. The van der Waals surface area contributed by atoms with Gasteiger partial charge in [0.1, 0.15) is 0 Å². The van der Waals surface area contributed by atoms with E-state index in [-0.39, 0.29) is 36.4 Å². The number of ketones is 1. The van der Waals surface area contributed by atoms with E-state index < -0.39 is 46.0 Å². The highest BCUT2D eigenvalue weighted by Crippen LogP contribution is 2.30. The largest absolute Gasteiger partial charge is 0.457 e. The van der Waals surface area contributed by atoms with Gasteiger partial charge in [-0.2, -0.15) is 17.5 Å². The van der Waals surface area contributed by atoms with Crippen LogP contribution >= 0.6 is 0 Å². The molecule has 10 heteroatoms. The number of carbonyl (C=O) groups is 2. The number of benzene rings is 2. The second kappa shape index (κ2) is 9.41. The van der Waals surface area contributed by atoms with Crippen LogP contribution in [0.25, 0.3) is 0 Å². The molecule has 0 bridgehead atoms. The van der Waals surface area contributed by atoms with Crippen molar-refractivity contribution < 1.29 is 35.9 Å². The van der Waals surface area contributed by atoms with Crippen LogP contribution in [-0.4, -0.2) is 44.2 Å². The summed E-state index contributed by atoms with van der Waals surface area (Å²) >= 11 is 0. The molecule has 0 amide bonds. The number of halogens is 3. The van der Waals surface area contributed by atoms with Gasteiger partial charge in [-0.15, -0.1) is 0 Å². The van der Waals surface area contributed by atoms with Crippen LogP contribution in [0.5, 0.6) is 0 Å². The molecule has 1 heterocycles. The maximum absolute atomic E-state index is 12.8. The van der Waals surface area contributed by atoms with Gasteiger partial charge in [-0.3, -0.25) is 9.59 Å². The Morgan fingerprint density at radius 2 is 1.69 bits per heavy atom. The maximum atomic E-state index is 12.8. The number of hydrogen-bond acceptors (Lipinski definition) is 5. The van der Waals surface area contributed by atoms with Gasteiger partial charge >= 0.3 is 12.1 Å². The second-order valence-electron chi connectivity index (χ2n) is 7.60. The lowest BCUT2D eigenvalue weighted by Crippen LogP contribution is -2.40. The van der Waals surface area contributed by atoms with E-state index in [1.54, 1.807) is 12.1 Å². The highest BCUT2D eigenvalue weighted by atomic mass is 32.2. The summed E-state index contributed by atoms with van der Waals surface area (Å²) in [5.41, 5.74) is -0.228. The number of aryl methyl sites for hydroxylation is 1. The fourth-order valence-electron chi connectivity index (χ4n) is 3.40. The molecule has 172 valence electrons. The summed E-state index contributed by atoms with van der Waals surface area (Å²) in [7, 11) is -3.67. The third kappa shape index (κ3) is 5.55. The van der Waals surface area contributed by atoms with Crippen LogP contribution in [-0.2, 0) is 25.7 Å². The third-order valence-electron chi connectivity index (χ3n) is 5.30. The number of piperidine rings is 1. The van der Waals surface area contributed by atoms with Crippen LogP contribution in [0.4, 0.5) is 13.2 Å². The Morgan fingerprint density at radius 3 is 2.28 bits per heavy atom. The molecule has 0 aliphatic carbocycles. The Labute approximate surface area is 184 Å². The molecule has 0 saturated carbocycles. The van der Waals surface area contributed by atoms with Crippen molar-refractivity contribution in [2.45, 2.75) is 30.8 Å². The zero-order chi connectivity index (χ0) is 23.5. The fourth-order valence-corrected chi connectivity index (χ4v) is 4.87. The quantitative estimate of drug-likeness (QED) is 0.474. The van der Waals surface area contributed by atoms with E-state index in [2.05, 4.69) is 0 Å². The minimum absolute atomic E-state index is 0.123. The minimum atomic E-state index is -4.58. The second-order valence-corrected chi connectivity index (χ2v) is 9.54. The number of rotatable bonds is 6. The zero-order valence-corrected chi connectivity index (χ0v) is 18.1. The molecule has 1 saturated heterocycles. The standard InChI is InChI=1S/C22H22F3NO5S/c1-15-5-7-19(8-6-15)32(29,30)26-11-9-16(10-12-26)21(28)31-14-20(27)17-3-2-4-18(13-17)22(23,24)25/h2-8,13,16H,9-12,14H2,1H3. The van der Waals surface area contributed by atoms with Gasteiger partial charge in [-0.1, -0.05) is 29.8 Å².